The minimum Gasteiger partial charge on any atom is -0.354 e. The summed E-state index contributed by atoms with van der Waals surface area (Å²) < 4.78 is 28.0. The van der Waals surface area contributed by atoms with E-state index in [1.165, 1.54) is 17.0 Å². The minimum atomic E-state index is -3.53. The average Bonchev–Trinajstić information content (AvgIpc) is 2.65. The number of benzene rings is 2. The van der Waals surface area contributed by atoms with Gasteiger partial charge in [-0.3, -0.25) is 9.52 Å². The predicted molar refractivity (Wildman–Crippen MR) is 109 cm³/mol. The summed E-state index contributed by atoms with van der Waals surface area (Å²) in [5.41, 5.74) is 1.77. The van der Waals surface area contributed by atoms with E-state index in [9.17, 15) is 18.5 Å². The molecule has 0 unspecified atom stereocenters. The summed E-state index contributed by atoms with van der Waals surface area (Å²) in [4.78, 5) is 16.5. The van der Waals surface area contributed by atoms with Gasteiger partial charge in [-0.2, -0.15) is 5.26 Å². The summed E-state index contributed by atoms with van der Waals surface area (Å²) in [5.74, 6) is -0.0313. The van der Waals surface area contributed by atoms with Gasteiger partial charge in [-0.15, -0.1) is 0 Å². The summed E-state index contributed by atoms with van der Waals surface area (Å²) in [7, 11) is -1.91. The van der Waals surface area contributed by atoms with E-state index in [4.69, 9.17) is 0 Å². The lowest BCUT2D eigenvalue weighted by Crippen LogP contribution is -2.17. The average molecular weight is 397 g/mol. The molecular formula is C19H19N5O3S. The van der Waals surface area contributed by atoms with Gasteiger partial charge < -0.3 is 9.88 Å². The SMILES string of the molecule is CCCS(=O)(=O)Nc1cccc(Nc2ccc3ncn(C)c(=O)c3c2)c1C#N. The van der Waals surface area contributed by atoms with Crippen LogP contribution in [0.2, 0.25) is 0 Å². The Morgan fingerprint density at radius 3 is 2.68 bits per heavy atom. The van der Waals surface area contributed by atoms with Crippen LogP contribution in [0.5, 0.6) is 0 Å². The zero-order valence-electron chi connectivity index (χ0n) is 15.4. The number of aromatic nitrogens is 2. The maximum absolute atomic E-state index is 12.3. The number of fused-ring (bicyclic) bond motifs is 1. The first-order chi connectivity index (χ1) is 13.3. The first-order valence-corrected chi connectivity index (χ1v) is 10.3. The molecule has 0 aliphatic rings. The van der Waals surface area contributed by atoms with Gasteiger partial charge in [0.15, 0.2) is 0 Å². The zero-order valence-corrected chi connectivity index (χ0v) is 16.2. The Kier molecular flexibility index (Phi) is 5.33. The van der Waals surface area contributed by atoms with Crippen LogP contribution in [0.3, 0.4) is 0 Å². The van der Waals surface area contributed by atoms with Gasteiger partial charge in [0.05, 0.1) is 39.9 Å². The summed E-state index contributed by atoms with van der Waals surface area (Å²) in [6.45, 7) is 1.77. The number of rotatable bonds is 6. The zero-order chi connectivity index (χ0) is 20.3. The van der Waals surface area contributed by atoms with Crippen molar-refractivity contribution in [1.29, 1.82) is 5.26 Å². The van der Waals surface area contributed by atoms with Crippen molar-refractivity contribution in [3.8, 4) is 6.07 Å². The van der Waals surface area contributed by atoms with E-state index in [-0.39, 0.29) is 22.6 Å². The maximum Gasteiger partial charge on any atom is 0.260 e. The lowest BCUT2D eigenvalue weighted by atomic mass is 10.1. The Balaban J connectivity index is 2.00. The molecule has 3 rings (SSSR count). The number of nitrogens with zero attached hydrogens (tertiary/aromatic N) is 3. The van der Waals surface area contributed by atoms with E-state index in [0.717, 1.165) is 0 Å². The molecule has 1 heterocycles. The lowest BCUT2D eigenvalue weighted by molar-refractivity contribution is 0.600. The smallest absolute Gasteiger partial charge is 0.260 e. The highest BCUT2D eigenvalue weighted by Crippen LogP contribution is 2.28. The molecule has 0 atom stereocenters. The molecule has 0 saturated heterocycles. The molecule has 28 heavy (non-hydrogen) atoms. The molecule has 0 spiro atoms. The van der Waals surface area contributed by atoms with Crippen LogP contribution >= 0.6 is 0 Å². The first-order valence-electron chi connectivity index (χ1n) is 8.60. The van der Waals surface area contributed by atoms with Crippen molar-refractivity contribution in [2.75, 3.05) is 15.8 Å². The molecule has 2 aromatic carbocycles. The van der Waals surface area contributed by atoms with Gasteiger partial charge >= 0.3 is 0 Å². The van der Waals surface area contributed by atoms with Crippen LogP contribution in [0, 0.1) is 11.3 Å². The second kappa shape index (κ2) is 7.70. The maximum atomic E-state index is 12.3. The third kappa shape index (κ3) is 3.97. The van der Waals surface area contributed by atoms with Crippen molar-refractivity contribution in [3.63, 3.8) is 0 Å². The van der Waals surface area contributed by atoms with E-state index < -0.39 is 10.0 Å². The summed E-state index contributed by atoms with van der Waals surface area (Å²) in [5, 5.41) is 13.1. The summed E-state index contributed by atoms with van der Waals surface area (Å²) in [6.07, 6.45) is 1.92. The molecule has 8 nitrogen and oxygen atoms in total. The largest absolute Gasteiger partial charge is 0.354 e. The number of aryl methyl sites for hydroxylation is 1. The number of nitrogens with one attached hydrogen (secondary N) is 2. The predicted octanol–water partition coefficient (Wildman–Crippen LogP) is 2.70. The number of anilines is 3. The summed E-state index contributed by atoms with van der Waals surface area (Å²) in [6, 6.07) is 12.0. The monoisotopic (exact) mass is 397 g/mol. The molecule has 1 aromatic heterocycles. The lowest BCUT2D eigenvalue weighted by Gasteiger charge is -2.14. The van der Waals surface area contributed by atoms with Gasteiger partial charge in [0.1, 0.15) is 6.07 Å². The van der Waals surface area contributed by atoms with E-state index in [1.54, 1.807) is 44.3 Å². The third-order valence-electron chi connectivity index (χ3n) is 4.11. The molecule has 0 bridgehead atoms. The molecule has 9 heteroatoms. The van der Waals surface area contributed by atoms with Crippen molar-refractivity contribution in [1.82, 2.24) is 9.55 Å². The molecule has 0 aliphatic heterocycles. The molecule has 2 N–H and O–H groups in total. The highest BCUT2D eigenvalue weighted by Gasteiger charge is 2.15. The standard InChI is InChI=1S/C19H19N5O3S/c1-3-9-28(26,27)23-18-6-4-5-17(15(18)11-20)22-13-7-8-16-14(10-13)19(25)24(2)12-21-16/h4-8,10,12,22-23H,3,9H2,1-2H3. The van der Waals surface area contributed by atoms with Crippen molar-refractivity contribution >= 4 is 38.0 Å². The van der Waals surface area contributed by atoms with E-state index in [0.29, 0.717) is 28.7 Å². The minimum absolute atomic E-state index is 0.0313. The van der Waals surface area contributed by atoms with Crippen molar-refractivity contribution in [3.05, 3.63) is 58.6 Å². The topological polar surface area (TPSA) is 117 Å². The van der Waals surface area contributed by atoms with Crippen molar-refractivity contribution < 1.29 is 8.42 Å². The van der Waals surface area contributed by atoms with E-state index in [2.05, 4.69) is 15.0 Å². The van der Waals surface area contributed by atoms with Gasteiger partial charge in [-0.05, 0) is 36.8 Å². The quantitative estimate of drug-likeness (QED) is 0.660. The van der Waals surface area contributed by atoms with Crippen LogP contribution in [0.4, 0.5) is 17.1 Å². The van der Waals surface area contributed by atoms with Crippen LogP contribution < -0.4 is 15.6 Å². The Hall–Kier alpha value is -3.38. The Labute approximate surface area is 162 Å². The molecule has 0 radical (unpaired) electrons. The Morgan fingerprint density at radius 2 is 1.96 bits per heavy atom. The molecule has 0 saturated carbocycles. The fourth-order valence-corrected chi connectivity index (χ4v) is 3.94. The van der Waals surface area contributed by atoms with Crippen LogP contribution in [-0.4, -0.2) is 23.7 Å². The highest BCUT2D eigenvalue weighted by molar-refractivity contribution is 7.92. The van der Waals surface area contributed by atoms with Crippen LogP contribution in [0.1, 0.15) is 18.9 Å². The van der Waals surface area contributed by atoms with E-state index in [1.807, 2.05) is 6.07 Å². The van der Waals surface area contributed by atoms with Crippen LogP contribution in [0.25, 0.3) is 10.9 Å². The van der Waals surface area contributed by atoms with Gasteiger partial charge in [-0.1, -0.05) is 13.0 Å². The number of hydrogen-bond donors (Lipinski definition) is 2. The third-order valence-corrected chi connectivity index (χ3v) is 5.59. The Morgan fingerprint density at radius 1 is 1.21 bits per heavy atom. The second-order valence-corrected chi connectivity index (χ2v) is 8.12. The van der Waals surface area contributed by atoms with Gasteiger partial charge in [0.25, 0.3) is 5.56 Å². The molecule has 0 aliphatic carbocycles. The molecule has 144 valence electrons. The van der Waals surface area contributed by atoms with Crippen LogP contribution in [-0.2, 0) is 17.1 Å². The van der Waals surface area contributed by atoms with Crippen molar-refractivity contribution in [2.45, 2.75) is 13.3 Å². The molecular weight excluding hydrogens is 378 g/mol. The normalized spacial score (nSPS) is 11.2. The highest BCUT2D eigenvalue weighted by atomic mass is 32.2. The number of hydrogen-bond acceptors (Lipinski definition) is 6. The fraction of sp³-hybridized carbons (Fsp3) is 0.211. The molecule has 3 aromatic rings. The Bertz CT molecular complexity index is 1240. The first kappa shape index (κ1) is 19.4. The van der Waals surface area contributed by atoms with Crippen molar-refractivity contribution in [2.24, 2.45) is 7.05 Å². The van der Waals surface area contributed by atoms with Gasteiger partial charge in [0.2, 0.25) is 10.0 Å². The molecule has 0 fully saturated rings. The number of nitriles is 1. The van der Waals surface area contributed by atoms with Gasteiger partial charge in [0, 0.05) is 12.7 Å². The van der Waals surface area contributed by atoms with Crippen LogP contribution in [0.15, 0.2) is 47.5 Å². The van der Waals surface area contributed by atoms with Gasteiger partial charge in [-0.25, -0.2) is 13.4 Å². The fourth-order valence-electron chi connectivity index (χ4n) is 2.79. The second-order valence-electron chi connectivity index (χ2n) is 6.28. The van der Waals surface area contributed by atoms with E-state index >= 15 is 0 Å². The number of sulfonamides is 1. The summed E-state index contributed by atoms with van der Waals surface area (Å²) >= 11 is 0. The molecule has 0 amide bonds.